The van der Waals surface area contributed by atoms with E-state index in [1.807, 2.05) is 0 Å². The Labute approximate surface area is 118 Å². The third-order valence-electron chi connectivity index (χ3n) is 3.09. The molecular weight excluding hydrogens is 302 g/mol. The highest BCUT2D eigenvalue weighted by Gasteiger charge is 2.29. The van der Waals surface area contributed by atoms with Crippen LogP contribution in [0.4, 0.5) is 0 Å². The van der Waals surface area contributed by atoms with E-state index < -0.39 is 25.9 Å². The number of nitrogens with one attached hydrogen (secondary N) is 1. The molecule has 1 fully saturated rings. The van der Waals surface area contributed by atoms with Crippen molar-refractivity contribution in [3.05, 3.63) is 23.9 Å². The van der Waals surface area contributed by atoms with Gasteiger partial charge in [-0.25, -0.2) is 26.5 Å². The first-order valence-corrected chi connectivity index (χ1v) is 9.50. The molecule has 7 nitrogen and oxygen atoms in total. The van der Waals surface area contributed by atoms with Crippen LogP contribution >= 0.6 is 0 Å². The van der Waals surface area contributed by atoms with E-state index in [2.05, 4.69) is 9.71 Å². The van der Waals surface area contributed by atoms with E-state index >= 15 is 0 Å². The van der Waals surface area contributed by atoms with Crippen molar-refractivity contribution in [2.24, 2.45) is 5.73 Å². The van der Waals surface area contributed by atoms with Crippen molar-refractivity contribution in [2.45, 2.75) is 30.5 Å². The zero-order chi connectivity index (χ0) is 14.8. The Balaban J connectivity index is 2.14. The summed E-state index contributed by atoms with van der Waals surface area (Å²) in [5.74, 6) is -0.0399. The average Bonchev–Trinajstić information content (AvgIpc) is 2.37. The highest BCUT2D eigenvalue weighted by atomic mass is 32.2. The summed E-state index contributed by atoms with van der Waals surface area (Å²) in [6, 6.07) is 2.36. The molecule has 0 bridgehead atoms. The molecule has 20 heavy (non-hydrogen) atoms. The molecule has 1 unspecified atom stereocenters. The first-order chi connectivity index (χ1) is 9.32. The van der Waals surface area contributed by atoms with Crippen molar-refractivity contribution in [3.63, 3.8) is 0 Å². The van der Waals surface area contributed by atoms with Gasteiger partial charge in [0.25, 0.3) is 10.0 Å². The Kier molecular flexibility index (Phi) is 4.43. The lowest BCUT2D eigenvalue weighted by Gasteiger charge is -2.22. The van der Waals surface area contributed by atoms with E-state index in [-0.39, 0.29) is 23.1 Å². The van der Waals surface area contributed by atoms with Crippen LogP contribution in [-0.4, -0.2) is 39.4 Å². The summed E-state index contributed by atoms with van der Waals surface area (Å²) >= 11 is 0. The predicted octanol–water partition coefficient (Wildman–Crippen LogP) is -0.604. The Hall–Kier alpha value is -1.03. The third-order valence-corrected chi connectivity index (χ3v) is 6.35. The predicted molar refractivity (Wildman–Crippen MR) is 74.1 cm³/mol. The lowest BCUT2D eigenvalue weighted by atomic mass is 10.2. The summed E-state index contributed by atoms with van der Waals surface area (Å²) in [5, 5.41) is -0.127. The number of sulfone groups is 1. The molecular formula is C11H17N3O4S2. The van der Waals surface area contributed by atoms with E-state index in [0.29, 0.717) is 12.8 Å². The summed E-state index contributed by atoms with van der Waals surface area (Å²) in [6.07, 6.45) is 2.38. The van der Waals surface area contributed by atoms with Crippen LogP contribution in [0.25, 0.3) is 0 Å². The van der Waals surface area contributed by atoms with Gasteiger partial charge in [-0.2, -0.15) is 0 Å². The average molecular weight is 319 g/mol. The molecule has 2 heterocycles. The monoisotopic (exact) mass is 319 g/mol. The van der Waals surface area contributed by atoms with Crippen LogP contribution in [-0.2, 0) is 26.4 Å². The second-order valence-corrected chi connectivity index (χ2v) is 8.67. The quantitative estimate of drug-likeness (QED) is 0.764. The van der Waals surface area contributed by atoms with Crippen LogP contribution in [0.15, 0.2) is 23.4 Å². The van der Waals surface area contributed by atoms with Crippen LogP contribution in [0.1, 0.15) is 18.4 Å². The molecule has 2 rings (SSSR count). The van der Waals surface area contributed by atoms with Gasteiger partial charge in [0.15, 0.2) is 14.9 Å². The van der Waals surface area contributed by atoms with Crippen molar-refractivity contribution in [1.29, 1.82) is 0 Å². The standard InChI is InChI=1S/C11H17N3O4S2/c12-6-9-3-4-11(13-7-9)20(17,18)14-10-2-1-5-19(15,16)8-10/h3-4,7,10,14H,1-2,5-6,8,12H2. The third kappa shape index (κ3) is 3.75. The molecule has 9 heteroatoms. The lowest BCUT2D eigenvalue weighted by Crippen LogP contribution is -2.43. The van der Waals surface area contributed by atoms with E-state index in [9.17, 15) is 16.8 Å². The number of hydrogen-bond donors (Lipinski definition) is 2. The normalized spacial score (nSPS) is 22.6. The van der Waals surface area contributed by atoms with Crippen LogP contribution in [0, 0.1) is 0 Å². The molecule has 0 radical (unpaired) electrons. The van der Waals surface area contributed by atoms with Gasteiger partial charge in [-0.15, -0.1) is 0 Å². The van der Waals surface area contributed by atoms with Crippen molar-refractivity contribution in [2.75, 3.05) is 11.5 Å². The summed E-state index contributed by atoms with van der Waals surface area (Å²) in [4.78, 5) is 3.84. The molecule has 1 saturated heterocycles. The number of rotatable bonds is 4. The number of hydrogen-bond acceptors (Lipinski definition) is 6. The van der Waals surface area contributed by atoms with E-state index in [0.717, 1.165) is 5.56 Å². The van der Waals surface area contributed by atoms with Crippen molar-refractivity contribution >= 4 is 19.9 Å². The Morgan fingerprint density at radius 3 is 2.70 bits per heavy atom. The second-order valence-electron chi connectivity index (χ2n) is 4.78. The van der Waals surface area contributed by atoms with Crippen LogP contribution in [0.2, 0.25) is 0 Å². The molecule has 0 aliphatic carbocycles. The fourth-order valence-electron chi connectivity index (χ4n) is 2.09. The topological polar surface area (TPSA) is 119 Å². The van der Waals surface area contributed by atoms with Crippen molar-refractivity contribution < 1.29 is 16.8 Å². The highest BCUT2D eigenvalue weighted by molar-refractivity contribution is 7.91. The summed E-state index contributed by atoms with van der Waals surface area (Å²) in [5.41, 5.74) is 6.14. The van der Waals surface area contributed by atoms with E-state index in [1.54, 1.807) is 6.07 Å². The number of aromatic nitrogens is 1. The Bertz CT molecular complexity index is 668. The van der Waals surface area contributed by atoms with Gasteiger partial charge in [-0.3, -0.25) is 0 Å². The SMILES string of the molecule is NCc1ccc(S(=O)(=O)NC2CCCS(=O)(=O)C2)nc1. The fourth-order valence-corrected chi connectivity index (χ4v) is 5.03. The lowest BCUT2D eigenvalue weighted by molar-refractivity contribution is 0.515. The molecule has 112 valence electrons. The Morgan fingerprint density at radius 2 is 2.15 bits per heavy atom. The maximum atomic E-state index is 12.1. The number of sulfonamides is 1. The van der Waals surface area contributed by atoms with E-state index in [4.69, 9.17) is 5.73 Å². The minimum Gasteiger partial charge on any atom is -0.326 e. The van der Waals surface area contributed by atoms with Gasteiger partial charge in [-0.05, 0) is 24.5 Å². The fraction of sp³-hybridized carbons (Fsp3) is 0.545. The number of nitrogens with zero attached hydrogens (tertiary/aromatic N) is 1. The minimum absolute atomic E-state index is 0.120. The van der Waals surface area contributed by atoms with Crippen molar-refractivity contribution in [1.82, 2.24) is 9.71 Å². The molecule has 0 spiro atoms. The molecule has 0 amide bonds. The van der Waals surface area contributed by atoms with Crippen LogP contribution in [0.5, 0.6) is 0 Å². The van der Waals surface area contributed by atoms with E-state index in [1.165, 1.54) is 12.3 Å². The summed E-state index contributed by atoms with van der Waals surface area (Å²) in [6.45, 7) is 0.279. The van der Waals surface area contributed by atoms with Gasteiger partial charge < -0.3 is 5.73 Å². The molecule has 1 aliphatic heterocycles. The summed E-state index contributed by atoms with van der Waals surface area (Å²) in [7, 11) is -6.96. The molecule has 3 N–H and O–H groups in total. The molecule has 1 aromatic rings. The second kappa shape index (κ2) is 5.76. The minimum atomic E-state index is -3.80. The molecule has 0 aromatic carbocycles. The van der Waals surface area contributed by atoms with Gasteiger partial charge in [0.05, 0.1) is 11.5 Å². The largest absolute Gasteiger partial charge is 0.326 e. The maximum Gasteiger partial charge on any atom is 0.258 e. The van der Waals surface area contributed by atoms with Gasteiger partial charge in [0.2, 0.25) is 0 Å². The molecule has 1 aliphatic rings. The maximum absolute atomic E-state index is 12.1. The highest BCUT2D eigenvalue weighted by Crippen LogP contribution is 2.15. The zero-order valence-electron chi connectivity index (χ0n) is 10.8. The van der Waals surface area contributed by atoms with Gasteiger partial charge in [-0.1, -0.05) is 6.07 Å². The number of pyridine rings is 1. The van der Waals surface area contributed by atoms with Gasteiger partial charge >= 0.3 is 0 Å². The zero-order valence-corrected chi connectivity index (χ0v) is 12.5. The summed E-state index contributed by atoms with van der Waals surface area (Å²) < 4.78 is 49.6. The first kappa shape index (κ1) is 15.4. The van der Waals surface area contributed by atoms with Crippen LogP contribution in [0.3, 0.4) is 0 Å². The molecule has 0 saturated carbocycles. The molecule has 1 atom stereocenters. The van der Waals surface area contributed by atoms with Gasteiger partial charge in [0.1, 0.15) is 0 Å². The smallest absolute Gasteiger partial charge is 0.258 e. The first-order valence-electron chi connectivity index (χ1n) is 6.20. The van der Waals surface area contributed by atoms with Crippen molar-refractivity contribution in [3.8, 4) is 0 Å². The number of nitrogens with two attached hydrogens (primary N) is 1. The van der Waals surface area contributed by atoms with Crippen LogP contribution < -0.4 is 10.5 Å². The molecule has 1 aromatic heterocycles. The van der Waals surface area contributed by atoms with Gasteiger partial charge in [0, 0.05) is 18.8 Å². The Morgan fingerprint density at radius 1 is 1.40 bits per heavy atom.